The summed E-state index contributed by atoms with van der Waals surface area (Å²) in [7, 11) is 0. The molecule has 7 nitrogen and oxygen atoms in total. The van der Waals surface area contributed by atoms with Crippen molar-refractivity contribution in [2.45, 2.75) is 38.1 Å². The molecule has 0 aliphatic carbocycles. The number of ether oxygens (including phenoxy) is 3. The third-order valence-electron chi connectivity index (χ3n) is 5.08. The zero-order chi connectivity index (χ0) is 20.8. The molecular weight excluding hydrogens is 384 g/mol. The number of H-pyrrole nitrogens is 1. The molecule has 0 amide bonds. The van der Waals surface area contributed by atoms with Gasteiger partial charge in [0.25, 0.3) is 5.56 Å². The standard InChI is InChI=1S/C23H24N2O5/c26-21-11-12-25(23(27)24-21)22-13-19(28-14-17-7-3-1-4-8-17)20(16-30-22)29-15-18-9-5-2-6-10-18/h1-12,19-20,22H,13-16H2,(H,24,26,27)/t19-,20+,22-/m0/s1. The number of benzene rings is 2. The van der Waals surface area contributed by atoms with Crippen LogP contribution >= 0.6 is 0 Å². The summed E-state index contributed by atoms with van der Waals surface area (Å²) in [5.41, 5.74) is 1.19. The summed E-state index contributed by atoms with van der Waals surface area (Å²) >= 11 is 0. The van der Waals surface area contributed by atoms with Crippen LogP contribution in [0.15, 0.2) is 82.5 Å². The summed E-state index contributed by atoms with van der Waals surface area (Å²) < 4.78 is 19.6. The smallest absolute Gasteiger partial charge is 0.330 e. The average Bonchev–Trinajstić information content (AvgIpc) is 2.78. The van der Waals surface area contributed by atoms with Crippen LogP contribution in [0.25, 0.3) is 0 Å². The van der Waals surface area contributed by atoms with Crippen LogP contribution in [0.3, 0.4) is 0 Å². The Hall–Kier alpha value is -3.00. The van der Waals surface area contributed by atoms with Gasteiger partial charge in [0.15, 0.2) is 0 Å². The first-order valence-electron chi connectivity index (χ1n) is 9.93. The van der Waals surface area contributed by atoms with Gasteiger partial charge in [0, 0.05) is 18.7 Å². The van der Waals surface area contributed by atoms with Crippen LogP contribution in [0.2, 0.25) is 0 Å². The number of nitrogens with one attached hydrogen (secondary N) is 1. The minimum atomic E-state index is -0.535. The van der Waals surface area contributed by atoms with Crippen molar-refractivity contribution in [2.24, 2.45) is 0 Å². The fourth-order valence-corrected chi connectivity index (χ4v) is 3.47. The molecule has 2 aromatic carbocycles. The molecule has 2 heterocycles. The summed E-state index contributed by atoms with van der Waals surface area (Å²) in [4.78, 5) is 25.8. The van der Waals surface area contributed by atoms with Gasteiger partial charge in [-0.05, 0) is 11.1 Å². The molecule has 1 aromatic heterocycles. The van der Waals surface area contributed by atoms with Gasteiger partial charge in [0.1, 0.15) is 12.3 Å². The Balaban J connectivity index is 1.47. The molecule has 3 aromatic rings. The average molecular weight is 408 g/mol. The predicted molar refractivity (Wildman–Crippen MR) is 111 cm³/mol. The largest absolute Gasteiger partial charge is 0.371 e. The Morgan fingerprint density at radius 1 is 0.867 bits per heavy atom. The first kappa shape index (κ1) is 20.3. The van der Waals surface area contributed by atoms with Gasteiger partial charge in [0.2, 0.25) is 0 Å². The second-order valence-corrected chi connectivity index (χ2v) is 7.21. The quantitative estimate of drug-likeness (QED) is 0.650. The van der Waals surface area contributed by atoms with Crippen LogP contribution < -0.4 is 11.2 Å². The molecule has 7 heteroatoms. The maximum atomic E-state index is 12.2. The molecule has 0 spiro atoms. The van der Waals surface area contributed by atoms with E-state index in [4.69, 9.17) is 14.2 Å². The van der Waals surface area contributed by atoms with E-state index in [1.54, 1.807) is 0 Å². The highest BCUT2D eigenvalue weighted by Crippen LogP contribution is 2.27. The zero-order valence-corrected chi connectivity index (χ0v) is 16.5. The summed E-state index contributed by atoms with van der Waals surface area (Å²) in [6.45, 7) is 1.16. The monoisotopic (exact) mass is 408 g/mol. The Bertz CT molecular complexity index is 1050. The number of aromatic nitrogens is 2. The van der Waals surface area contributed by atoms with E-state index in [0.29, 0.717) is 19.6 Å². The first-order valence-corrected chi connectivity index (χ1v) is 9.93. The van der Waals surface area contributed by atoms with Crippen molar-refractivity contribution in [3.63, 3.8) is 0 Å². The molecule has 3 atom stereocenters. The van der Waals surface area contributed by atoms with Crippen LogP contribution in [0.5, 0.6) is 0 Å². The lowest BCUT2D eigenvalue weighted by Crippen LogP contribution is -2.45. The molecule has 1 saturated heterocycles. The number of rotatable bonds is 7. The van der Waals surface area contributed by atoms with E-state index >= 15 is 0 Å². The third kappa shape index (κ3) is 5.13. The highest BCUT2D eigenvalue weighted by atomic mass is 16.6. The van der Waals surface area contributed by atoms with Crippen LogP contribution in [0.1, 0.15) is 23.8 Å². The van der Waals surface area contributed by atoms with Crippen molar-refractivity contribution < 1.29 is 14.2 Å². The molecule has 156 valence electrons. The molecule has 0 saturated carbocycles. The maximum Gasteiger partial charge on any atom is 0.330 e. The molecule has 0 radical (unpaired) electrons. The normalized spacial score (nSPS) is 21.4. The van der Waals surface area contributed by atoms with Crippen molar-refractivity contribution in [2.75, 3.05) is 6.61 Å². The lowest BCUT2D eigenvalue weighted by atomic mass is 10.1. The van der Waals surface area contributed by atoms with Gasteiger partial charge < -0.3 is 14.2 Å². The van der Waals surface area contributed by atoms with Crippen molar-refractivity contribution in [3.05, 3.63) is 105 Å². The van der Waals surface area contributed by atoms with Crippen LogP contribution in [-0.2, 0) is 27.4 Å². The molecule has 30 heavy (non-hydrogen) atoms. The second kappa shape index (κ2) is 9.67. The third-order valence-corrected chi connectivity index (χ3v) is 5.08. The van der Waals surface area contributed by atoms with Crippen molar-refractivity contribution in [3.8, 4) is 0 Å². The van der Waals surface area contributed by atoms with Crippen LogP contribution in [-0.4, -0.2) is 28.4 Å². The van der Waals surface area contributed by atoms with Gasteiger partial charge in [-0.15, -0.1) is 0 Å². The van der Waals surface area contributed by atoms with E-state index in [1.807, 2.05) is 60.7 Å². The highest BCUT2D eigenvalue weighted by molar-refractivity contribution is 5.14. The SMILES string of the molecule is O=c1ccn([C@@H]2C[C@H](OCc3ccccc3)[C@H](OCc3ccccc3)CO2)c(=O)[nH]1. The topological polar surface area (TPSA) is 82.5 Å². The van der Waals surface area contributed by atoms with Crippen molar-refractivity contribution in [1.29, 1.82) is 0 Å². The predicted octanol–water partition coefficient (Wildman–Crippen LogP) is 2.63. The fraction of sp³-hybridized carbons (Fsp3) is 0.304. The molecule has 1 N–H and O–H groups in total. The fourth-order valence-electron chi connectivity index (χ4n) is 3.47. The zero-order valence-electron chi connectivity index (χ0n) is 16.5. The van der Waals surface area contributed by atoms with E-state index < -0.39 is 17.5 Å². The molecule has 1 aliphatic heterocycles. The van der Waals surface area contributed by atoms with Crippen LogP contribution in [0, 0.1) is 0 Å². The van der Waals surface area contributed by atoms with E-state index in [9.17, 15) is 9.59 Å². The van der Waals surface area contributed by atoms with Gasteiger partial charge >= 0.3 is 5.69 Å². The van der Waals surface area contributed by atoms with E-state index in [1.165, 1.54) is 16.8 Å². The molecule has 0 bridgehead atoms. The van der Waals surface area contributed by atoms with Gasteiger partial charge in [-0.25, -0.2) is 4.79 Å². The van der Waals surface area contributed by atoms with E-state index in [-0.39, 0.29) is 18.8 Å². The Labute approximate surface area is 173 Å². The van der Waals surface area contributed by atoms with E-state index in [2.05, 4.69) is 4.98 Å². The Morgan fingerprint density at radius 3 is 2.07 bits per heavy atom. The van der Waals surface area contributed by atoms with Gasteiger partial charge in [-0.3, -0.25) is 14.3 Å². The number of nitrogens with zero attached hydrogens (tertiary/aromatic N) is 1. The van der Waals surface area contributed by atoms with Gasteiger partial charge in [-0.1, -0.05) is 60.7 Å². The van der Waals surface area contributed by atoms with Gasteiger partial charge in [-0.2, -0.15) is 0 Å². The molecule has 0 unspecified atom stereocenters. The molecule has 1 aliphatic rings. The minimum Gasteiger partial charge on any atom is -0.371 e. The molecule has 1 fully saturated rings. The first-order chi connectivity index (χ1) is 14.7. The summed E-state index contributed by atoms with van der Waals surface area (Å²) in [5.74, 6) is 0. The Morgan fingerprint density at radius 2 is 1.47 bits per heavy atom. The minimum absolute atomic E-state index is 0.272. The van der Waals surface area contributed by atoms with Crippen LogP contribution in [0.4, 0.5) is 0 Å². The number of hydrogen-bond acceptors (Lipinski definition) is 5. The second-order valence-electron chi connectivity index (χ2n) is 7.21. The number of aromatic amines is 1. The van der Waals surface area contributed by atoms with Gasteiger partial charge in [0.05, 0.1) is 25.9 Å². The highest BCUT2D eigenvalue weighted by Gasteiger charge is 2.34. The number of hydrogen-bond donors (Lipinski definition) is 1. The Kier molecular flexibility index (Phi) is 6.53. The lowest BCUT2D eigenvalue weighted by molar-refractivity contribution is -0.188. The summed E-state index contributed by atoms with van der Waals surface area (Å²) in [6.07, 6.45) is 0.797. The van der Waals surface area contributed by atoms with Crippen molar-refractivity contribution in [1.82, 2.24) is 9.55 Å². The lowest BCUT2D eigenvalue weighted by Gasteiger charge is -2.36. The van der Waals surface area contributed by atoms with Crippen molar-refractivity contribution >= 4 is 0 Å². The summed E-state index contributed by atoms with van der Waals surface area (Å²) in [6, 6.07) is 21.1. The van der Waals surface area contributed by atoms with E-state index in [0.717, 1.165) is 11.1 Å². The maximum absolute atomic E-state index is 12.2. The summed E-state index contributed by atoms with van der Waals surface area (Å²) in [5, 5.41) is 0. The molecule has 4 rings (SSSR count). The molecular formula is C23H24N2O5.